The number of rotatable bonds is 6. The summed E-state index contributed by atoms with van der Waals surface area (Å²) < 4.78 is 5.48. The van der Waals surface area contributed by atoms with Gasteiger partial charge in [0, 0.05) is 5.92 Å². The number of carbonyl (C=O) groups is 3. The maximum atomic E-state index is 12.6. The van der Waals surface area contributed by atoms with E-state index in [4.69, 9.17) is 4.74 Å². The average molecular weight is 437 g/mol. The average Bonchev–Trinajstić information content (AvgIpc) is 3.12. The Morgan fingerprint density at radius 3 is 2.12 bits per heavy atom. The van der Waals surface area contributed by atoms with Gasteiger partial charge in [-0.15, -0.1) is 0 Å². The smallest absolute Gasteiger partial charge is 0.407 e. The summed E-state index contributed by atoms with van der Waals surface area (Å²) in [5.41, 5.74) is 3.22. The highest BCUT2D eigenvalue weighted by Crippen LogP contribution is 2.44. The molecule has 0 unspecified atom stereocenters. The number of benzene rings is 2. The zero-order valence-corrected chi connectivity index (χ0v) is 18.1. The lowest BCUT2D eigenvalue weighted by Gasteiger charge is -2.34. The lowest BCUT2D eigenvalue weighted by Crippen LogP contribution is -2.59. The number of amides is 2. The number of aliphatic carboxylic acids is 1. The summed E-state index contributed by atoms with van der Waals surface area (Å²) in [6.07, 6.45) is 2.54. The molecule has 4 rings (SSSR count). The summed E-state index contributed by atoms with van der Waals surface area (Å²) in [4.78, 5) is 36.8. The zero-order valence-electron chi connectivity index (χ0n) is 18.1. The molecule has 2 aromatic rings. The van der Waals surface area contributed by atoms with Crippen LogP contribution in [0.25, 0.3) is 11.1 Å². The van der Waals surface area contributed by atoms with Crippen LogP contribution in [0.3, 0.4) is 0 Å². The van der Waals surface area contributed by atoms with Crippen LogP contribution in [0.4, 0.5) is 4.79 Å². The van der Waals surface area contributed by atoms with Crippen LogP contribution in [0.1, 0.15) is 56.1 Å². The molecule has 0 bridgehead atoms. The summed E-state index contributed by atoms with van der Waals surface area (Å²) in [6.45, 7) is 1.67. The molecular weight excluding hydrogens is 408 g/mol. The SMILES string of the molecule is C[C@@H](NC(=O)OCC1c2ccccc2-c2ccccc21)C(=O)NC1(C(=O)O)CCCCC1. The Morgan fingerprint density at radius 2 is 1.56 bits per heavy atom. The number of alkyl carbamates (subject to hydrolysis) is 1. The van der Waals surface area contributed by atoms with Crippen molar-refractivity contribution >= 4 is 18.0 Å². The molecule has 1 fully saturated rings. The Labute approximate surface area is 187 Å². The summed E-state index contributed by atoms with van der Waals surface area (Å²) >= 11 is 0. The van der Waals surface area contributed by atoms with Gasteiger partial charge in [0.15, 0.2) is 0 Å². The van der Waals surface area contributed by atoms with Crippen molar-refractivity contribution in [1.82, 2.24) is 10.6 Å². The minimum absolute atomic E-state index is 0.0743. The summed E-state index contributed by atoms with van der Waals surface area (Å²) in [6, 6.07) is 15.2. The van der Waals surface area contributed by atoms with E-state index in [0.717, 1.165) is 41.5 Å². The first-order valence-electron chi connectivity index (χ1n) is 11.1. The number of carboxylic acid groups (broad SMARTS) is 1. The maximum absolute atomic E-state index is 12.6. The van der Waals surface area contributed by atoms with Crippen LogP contribution in [0.5, 0.6) is 0 Å². The number of carboxylic acids is 1. The molecule has 2 aromatic carbocycles. The van der Waals surface area contributed by atoms with Crippen molar-refractivity contribution in [3.05, 3.63) is 59.7 Å². The van der Waals surface area contributed by atoms with Crippen LogP contribution in [-0.2, 0) is 14.3 Å². The van der Waals surface area contributed by atoms with Crippen LogP contribution in [0.2, 0.25) is 0 Å². The zero-order chi connectivity index (χ0) is 22.7. The summed E-state index contributed by atoms with van der Waals surface area (Å²) in [5.74, 6) is -1.63. The van der Waals surface area contributed by atoms with Gasteiger partial charge in [-0.3, -0.25) is 4.79 Å². The third-order valence-corrected chi connectivity index (χ3v) is 6.55. The standard InChI is InChI=1S/C25H28N2O5/c1-16(22(28)27-25(23(29)30)13-7-2-8-14-25)26-24(31)32-15-21-19-11-5-3-9-17(19)18-10-4-6-12-20(18)21/h3-6,9-12,16,21H,2,7-8,13-15H2,1H3,(H,26,31)(H,27,28)(H,29,30)/t16-/m1/s1. The van der Waals surface area contributed by atoms with Gasteiger partial charge < -0.3 is 20.5 Å². The lowest BCUT2D eigenvalue weighted by molar-refractivity contribution is -0.149. The van der Waals surface area contributed by atoms with Crippen molar-refractivity contribution in [3.63, 3.8) is 0 Å². The topological polar surface area (TPSA) is 105 Å². The Balaban J connectivity index is 1.36. The van der Waals surface area contributed by atoms with Crippen molar-refractivity contribution in [2.75, 3.05) is 6.61 Å². The number of ether oxygens (including phenoxy) is 1. The first-order chi connectivity index (χ1) is 15.4. The van der Waals surface area contributed by atoms with Crippen LogP contribution in [0.15, 0.2) is 48.5 Å². The van der Waals surface area contributed by atoms with Gasteiger partial charge in [-0.1, -0.05) is 67.8 Å². The molecule has 2 amide bonds. The number of fused-ring (bicyclic) bond motifs is 3. The van der Waals surface area contributed by atoms with Gasteiger partial charge in [-0.2, -0.15) is 0 Å². The van der Waals surface area contributed by atoms with E-state index in [0.29, 0.717) is 12.8 Å². The first kappa shape index (κ1) is 21.9. The highest BCUT2D eigenvalue weighted by atomic mass is 16.5. The van der Waals surface area contributed by atoms with Crippen LogP contribution >= 0.6 is 0 Å². The van der Waals surface area contributed by atoms with E-state index in [9.17, 15) is 19.5 Å². The molecule has 0 aromatic heterocycles. The third kappa shape index (κ3) is 4.20. The normalized spacial score (nSPS) is 17.5. The Morgan fingerprint density at radius 1 is 1.00 bits per heavy atom. The molecule has 7 nitrogen and oxygen atoms in total. The van der Waals surface area contributed by atoms with Crippen molar-refractivity contribution in [2.45, 2.75) is 56.5 Å². The minimum Gasteiger partial charge on any atom is -0.480 e. The van der Waals surface area contributed by atoms with E-state index in [1.165, 1.54) is 6.92 Å². The lowest BCUT2D eigenvalue weighted by atomic mass is 9.81. The molecule has 168 valence electrons. The van der Waals surface area contributed by atoms with Crippen LogP contribution in [-0.4, -0.2) is 41.3 Å². The monoisotopic (exact) mass is 436 g/mol. The summed E-state index contributed by atoms with van der Waals surface area (Å²) in [7, 11) is 0. The highest BCUT2D eigenvalue weighted by molar-refractivity contribution is 5.91. The van der Waals surface area contributed by atoms with Gasteiger partial charge in [0.25, 0.3) is 0 Å². The maximum Gasteiger partial charge on any atom is 0.407 e. The molecule has 0 radical (unpaired) electrons. The number of hydrogen-bond donors (Lipinski definition) is 3. The molecule has 32 heavy (non-hydrogen) atoms. The first-order valence-corrected chi connectivity index (χ1v) is 11.1. The van der Waals surface area contributed by atoms with Gasteiger partial charge in [-0.05, 0) is 42.0 Å². The van der Waals surface area contributed by atoms with Gasteiger partial charge in [-0.25, -0.2) is 9.59 Å². The molecule has 1 atom stereocenters. The van der Waals surface area contributed by atoms with Gasteiger partial charge in [0.1, 0.15) is 18.2 Å². The minimum atomic E-state index is -1.26. The second-order valence-electron chi connectivity index (χ2n) is 8.63. The quantitative estimate of drug-likeness (QED) is 0.639. The molecule has 1 saturated carbocycles. The Hall–Kier alpha value is -3.35. The highest BCUT2D eigenvalue weighted by Gasteiger charge is 2.41. The molecular formula is C25H28N2O5. The van der Waals surface area contributed by atoms with Gasteiger partial charge >= 0.3 is 12.1 Å². The Bertz CT molecular complexity index is 983. The number of nitrogens with one attached hydrogen (secondary N) is 2. The predicted octanol–water partition coefficient (Wildman–Crippen LogP) is 3.82. The molecule has 2 aliphatic rings. The molecule has 7 heteroatoms. The van der Waals surface area contributed by atoms with E-state index in [2.05, 4.69) is 22.8 Å². The second kappa shape index (κ2) is 9.02. The van der Waals surface area contributed by atoms with Crippen LogP contribution < -0.4 is 10.6 Å². The number of carbonyl (C=O) groups excluding carboxylic acids is 2. The second-order valence-corrected chi connectivity index (χ2v) is 8.63. The summed E-state index contributed by atoms with van der Waals surface area (Å²) in [5, 5.41) is 14.8. The fraction of sp³-hybridized carbons (Fsp3) is 0.400. The molecule has 2 aliphatic carbocycles. The molecule has 0 saturated heterocycles. The van der Waals surface area contributed by atoms with Gasteiger partial charge in [0.05, 0.1) is 0 Å². The predicted molar refractivity (Wildman–Crippen MR) is 119 cm³/mol. The fourth-order valence-electron chi connectivity index (χ4n) is 4.77. The van der Waals surface area contributed by atoms with E-state index < -0.39 is 29.6 Å². The molecule has 0 aliphatic heterocycles. The van der Waals surface area contributed by atoms with E-state index >= 15 is 0 Å². The van der Waals surface area contributed by atoms with Crippen molar-refractivity contribution in [3.8, 4) is 11.1 Å². The molecule has 0 spiro atoms. The van der Waals surface area contributed by atoms with E-state index in [1.54, 1.807) is 0 Å². The molecule has 0 heterocycles. The van der Waals surface area contributed by atoms with Crippen molar-refractivity contribution < 1.29 is 24.2 Å². The largest absolute Gasteiger partial charge is 0.480 e. The van der Waals surface area contributed by atoms with Crippen molar-refractivity contribution in [2.24, 2.45) is 0 Å². The molecule has 3 N–H and O–H groups in total. The van der Waals surface area contributed by atoms with E-state index in [1.807, 2.05) is 36.4 Å². The van der Waals surface area contributed by atoms with E-state index in [-0.39, 0.29) is 12.5 Å². The Kier molecular flexibility index (Phi) is 6.17. The van der Waals surface area contributed by atoms with Crippen LogP contribution in [0, 0.1) is 0 Å². The van der Waals surface area contributed by atoms with Crippen molar-refractivity contribution in [1.29, 1.82) is 0 Å². The number of hydrogen-bond acceptors (Lipinski definition) is 4. The fourth-order valence-corrected chi connectivity index (χ4v) is 4.77. The third-order valence-electron chi connectivity index (χ3n) is 6.55. The van der Waals surface area contributed by atoms with Gasteiger partial charge in [0.2, 0.25) is 5.91 Å².